The van der Waals surface area contributed by atoms with Crippen molar-refractivity contribution in [3.8, 4) is 0 Å². The lowest BCUT2D eigenvalue weighted by Crippen LogP contribution is -2.36. The van der Waals surface area contributed by atoms with E-state index in [0.29, 0.717) is 12.0 Å². The van der Waals surface area contributed by atoms with Crippen LogP contribution in [0.3, 0.4) is 0 Å². The second kappa shape index (κ2) is 5.76. The lowest BCUT2D eigenvalue weighted by molar-refractivity contribution is 0.511. The van der Waals surface area contributed by atoms with Gasteiger partial charge in [-0.1, -0.05) is 20.8 Å². The van der Waals surface area contributed by atoms with Crippen LogP contribution >= 0.6 is 0 Å². The van der Waals surface area contributed by atoms with Crippen molar-refractivity contribution in [1.29, 1.82) is 0 Å². The van der Waals surface area contributed by atoms with Crippen LogP contribution in [0.15, 0.2) is 6.20 Å². The van der Waals surface area contributed by atoms with Gasteiger partial charge < -0.3 is 14.8 Å². The van der Waals surface area contributed by atoms with Crippen LogP contribution in [0.4, 0.5) is 5.95 Å². The molecule has 2 atom stereocenters. The third-order valence-corrected chi connectivity index (χ3v) is 4.54. The van der Waals surface area contributed by atoms with Crippen molar-refractivity contribution >= 4 is 5.95 Å². The highest BCUT2D eigenvalue weighted by molar-refractivity contribution is 5.35. The molecule has 2 bridgehead atoms. The average Bonchev–Trinajstić information content (AvgIpc) is 2.93. The Labute approximate surface area is 122 Å². The number of aryl methyl sites for hydroxylation is 1. The molecular formula is C16H28N4. The maximum Gasteiger partial charge on any atom is 0.205 e. The molecule has 0 radical (unpaired) electrons. The number of rotatable bonds is 4. The van der Waals surface area contributed by atoms with Gasteiger partial charge in [0.15, 0.2) is 0 Å². The Morgan fingerprint density at radius 2 is 2.10 bits per heavy atom. The van der Waals surface area contributed by atoms with Gasteiger partial charge >= 0.3 is 0 Å². The van der Waals surface area contributed by atoms with Crippen molar-refractivity contribution in [3.05, 3.63) is 11.9 Å². The number of nitrogens with zero attached hydrogens (tertiary/aromatic N) is 3. The van der Waals surface area contributed by atoms with Crippen molar-refractivity contribution in [2.75, 3.05) is 18.0 Å². The Hall–Kier alpha value is -1.03. The quantitative estimate of drug-likeness (QED) is 0.917. The van der Waals surface area contributed by atoms with Gasteiger partial charge in [0, 0.05) is 37.9 Å². The van der Waals surface area contributed by atoms with E-state index in [0.717, 1.165) is 32.1 Å². The number of fused-ring (bicyclic) bond motifs is 2. The Kier molecular flexibility index (Phi) is 4.01. The molecule has 4 heteroatoms. The third kappa shape index (κ3) is 2.85. The van der Waals surface area contributed by atoms with Gasteiger partial charge in [-0.05, 0) is 31.6 Å². The van der Waals surface area contributed by atoms with E-state index in [1.807, 2.05) is 0 Å². The Morgan fingerprint density at radius 1 is 1.30 bits per heavy atom. The molecule has 2 aliphatic heterocycles. The molecule has 0 aromatic carbocycles. The number of hydrogen-bond acceptors (Lipinski definition) is 3. The standard InChI is InChI=1S/C16H28N4/c1-4-13-10-20(9-12(2)3)16(18-13)19-8-7-14-5-6-15(11-19)17-14/h10,12,14-15,17H,4-9,11H2,1-3H3. The number of imidazole rings is 1. The summed E-state index contributed by atoms with van der Waals surface area (Å²) >= 11 is 0. The average molecular weight is 276 g/mol. The fourth-order valence-electron chi connectivity index (χ4n) is 3.53. The van der Waals surface area contributed by atoms with Crippen LogP contribution < -0.4 is 10.2 Å². The normalized spacial score (nSPS) is 26.3. The second-order valence-corrected chi connectivity index (χ2v) is 6.80. The molecule has 2 aliphatic rings. The van der Waals surface area contributed by atoms with Crippen molar-refractivity contribution in [2.45, 2.75) is 65.1 Å². The van der Waals surface area contributed by atoms with Gasteiger partial charge in [-0.15, -0.1) is 0 Å². The summed E-state index contributed by atoms with van der Waals surface area (Å²) in [6.07, 6.45) is 7.22. The molecular weight excluding hydrogens is 248 g/mol. The highest BCUT2D eigenvalue weighted by Gasteiger charge is 2.30. The smallest absolute Gasteiger partial charge is 0.205 e. The maximum atomic E-state index is 4.89. The first kappa shape index (κ1) is 13.9. The number of nitrogens with one attached hydrogen (secondary N) is 1. The Balaban J connectivity index is 1.82. The van der Waals surface area contributed by atoms with E-state index < -0.39 is 0 Å². The second-order valence-electron chi connectivity index (χ2n) is 6.80. The molecule has 4 nitrogen and oxygen atoms in total. The molecule has 1 N–H and O–H groups in total. The summed E-state index contributed by atoms with van der Waals surface area (Å²) in [7, 11) is 0. The zero-order chi connectivity index (χ0) is 14.1. The minimum absolute atomic E-state index is 0.661. The molecule has 3 heterocycles. The lowest BCUT2D eigenvalue weighted by Gasteiger charge is -2.26. The van der Waals surface area contributed by atoms with E-state index in [4.69, 9.17) is 4.98 Å². The predicted molar refractivity (Wildman–Crippen MR) is 83.2 cm³/mol. The van der Waals surface area contributed by atoms with Crippen molar-refractivity contribution in [1.82, 2.24) is 14.9 Å². The van der Waals surface area contributed by atoms with Crippen LogP contribution in [0.2, 0.25) is 0 Å². The van der Waals surface area contributed by atoms with Crippen molar-refractivity contribution in [2.24, 2.45) is 5.92 Å². The van der Waals surface area contributed by atoms with Crippen molar-refractivity contribution in [3.63, 3.8) is 0 Å². The molecule has 0 saturated carbocycles. The van der Waals surface area contributed by atoms with Gasteiger partial charge in [-0.2, -0.15) is 0 Å². The van der Waals surface area contributed by atoms with E-state index in [2.05, 4.69) is 41.8 Å². The molecule has 0 spiro atoms. The fourth-order valence-corrected chi connectivity index (χ4v) is 3.53. The summed E-state index contributed by atoms with van der Waals surface area (Å²) in [6, 6.07) is 1.40. The molecule has 3 rings (SSSR count). The monoisotopic (exact) mass is 276 g/mol. The van der Waals surface area contributed by atoms with Gasteiger partial charge in [0.1, 0.15) is 0 Å². The zero-order valence-electron chi connectivity index (χ0n) is 13.1. The molecule has 0 aliphatic carbocycles. The molecule has 20 heavy (non-hydrogen) atoms. The first-order valence-electron chi connectivity index (χ1n) is 8.22. The molecule has 2 fully saturated rings. The number of aromatic nitrogens is 2. The topological polar surface area (TPSA) is 33.1 Å². The summed E-state index contributed by atoms with van der Waals surface area (Å²) in [4.78, 5) is 7.40. The van der Waals surface area contributed by atoms with Gasteiger partial charge in [0.05, 0.1) is 5.69 Å². The third-order valence-electron chi connectivity index (χ3n) is 4.54. The number of hydrogen-bond donors (Lipinski definition) is 1. The van der Waals surface area contributed by atoms with E-state index in [-0.39, 0.29) is 0 Å². The first-order valence-corrected chi connectivity index (χ1v) is 8.22. The van der Waals surface area contributed by atoms with Gasteiger partial charge in [-0.25, -0.2) is 4.98 Å². The van der Waals surface area contributed by atoms with Crippen LogP contribution in [-0.2, 0) is 13.0 Å². The largest absolute Gasteiger partial charge is 0.341 e. The summed E-state index contributed by atoms with van der Waals surface area (Å²) in [6.45, 7) is 10.1. The first-order chi connectivity index (χ1) is 9.65. The molecule has 2 saturated heterocycles. The van der Waals surface area contributed by atoms with E-state index in [1.54, 1.807) is 0 Å². The number of anilines is 1. The molecule has 1 aromatic rings. The van der Waals surface area contributed by atoms with Crippen LogP contribution in [0.25, 0.3) is 0 Å². The lowest BCUT2D eigenvalue weighted by atomic mass is 10.1. The van der Waals surface area contributed by atoms with E-state index in [1.165, 1.54) is 30.9 Å². The van der Waals surface area contributed by atoms with E-state index in [9.17, 15) is 0 Å². The SMILES string of the molecule is CCc1cn(CC(C)C)c(N2CCC3CCC(C2)N3)n1. The van der Waals surface area contributed by atoms with Gasteiger partial charge in [0.25, 0.3) is 0 Å². The van der Waals surface area contributed by atoms with E-state index >= 15 is 0 Å². The van der Waals surface area contributed by atoms with Gasteiger partial charge in [-0.3, -0.25) is 0 Å². The molecule has 1 aromatic heterocycles. The predicted octanol–water partition coefficient (Wildman–Crippen LogP) is 2.43. The Morgan fingerprint density at radius 3 is 2.85 bits per heavy atom. The van der Waals surface area contributed by atoms with Crippen LogP contribution in [-0.4, -0.2) is 34.7 Å². The zero-order valence-corrected chi connectivity index (χ0v) is 13.1. The fraction of sp³-hybridized carbons (Fsp3) is 0.812. The summed E-state index contributed by atoms with van der Waals surface area (Å²) in [5, 5.41) is 3.75. The highest BCUT2D eigenvalue weighted by Crippen LogP contribution is 2.25. The molecule has 112 valence electrons. The van der Waals surface area contributed by atoms with Crippen LogP contribution in [0.5, 0.6) is 0 Å². The van der Waals surface area contributed by atoms with Gasteiger partial charge in [0.2, 0.25) is 5.95 Å². The summed E-state index contributed by atoms with van der Waals surface area (Å²) in [5.41, 5.74) is 1.23. The minimum Gasteiger partial charge on any atom is -0.341 e. The van der Waals surface area contributed by atoms with Crippen molar-refractivity contribution < 1.29 is 0 Å². The Bertz CT molecular complexity index is 451. The summed E-state index contributed by atoms with van der Waals surface area (Å²) < 4.78 is 2.38. The minimum atomic E-state index is 0.661. The molecule has 0 amide bonds. The van der Waals surface area contributed by atoms with Crippen LogP contribution in [0.1, 0.15) is 45.7 Å². The molecule has 2 unspecified atom stereocenters. The maximum absolute atomic E-state index is 4.89. The van der Waals surface area contributed by atoms with Crippen LogP contribution in [0, 0.1) is 5.92 Å². The highest BCUT2D eigenvalue weighted by atomic mass is 15.3. The summed E-state index contributed by atoms with van der Waals surface area (Å²) in [5.74, 6) is 1.86.